The molecule has 0 aromatic heterocycles. The maximum atomic E-state index is 12.4. The van der Waals surface area contributed by atoms with Gasteiger partial charge in [-0.3, -0.25) is 4.79 Å². The van der Waals surface area contributed by atoms with Gasteiger partial charge in [0.05, 0.1) is 10.6 Å². The van der Waals surface area contributed by atoms with E-state index in [-0.39, 0.29) is 11.7 Å². The molecule has 19 heavy (non-hydrogen) atoms. The smallest absolute Gasteiger partial charge is 0.255 e. The fourth-order valence-corrected chi connectivity index (χ4v) is 2.80. The van der Waals surface area contributed by atoms with Gasteiger partial charge in [0.15, 0.2) is 0 Å². The van der Waals surface area contributed by atoms with Crippen LogP contribution in [0.1, 0.15) is 23.7 Å². The van der Waals surface area contributed by atoms with Gasteiger partial charge in [-0.1, -0.05) is 18.5 Å². The number of halogens is 1. The molecule has 0 aliphatic carbocycles. The van der Waals surface area contributed by atoms with Crippen LogP contribution in [0.3, 0.4) is 0 Å². The van der Waals surface area contributed by atoms with Crippen molar-refractivity contribution in [2.45, 2.75) is 19.4 Å². The lowest BCUT2D eigenvalue weighted by Crippen LogP contribution is -2.49. The highest BCUT2D eigenvalue weighted by atomic mass is 35.5. The Labute approximate surface area is 118 Å². The molecule has 0 radical (unpaired) electrons. The predicted molar refractivity (Wildman–Crippen MR) is 75.6 cm³/mol. The molecule has 2 N–H and O–H groups in total. The van der Waals surface area contributed by atoms with Gasteiger partial charge < -0.3 is 15.3 Å². The summed E-state index contributed by atoms with van der Waals surface area (Å²) in [6.07, 6.45) is 0.930. The Morgan fingerprint density at radius 1 is 1.53 bits per heavy atom. The third-order valence-electron chi connectivity index (χ3n) is 3.74. The number of phenols is 1. The van der Waals surface area contributed by atoms with Crippen LogP contribution in [0.25, 0.3) is 0 Å². The van der Waals surface area contributed by atoms with E-state index < -0.39 is 0 Å². The lowest BCUT2D eigenvalue weighted by atomic mass is 9.93. The number of carbonyl (C=O) groups excluding carboxylic acids is 1. The van der Waals surface area contributed by atoms with Crippen LogP contribution in [0.5, 0.6) is 5.75 Å². The zero-order chi connectivity index (χ0) is 14.0. The Hall–Kier alpha value is -1.26. The molecule has 0 spiro atoms. The summed E-state index contributed by atoms with van der Waals surface area (Å²) in [5, 5.41) is 13.1. The lowest BCUT2D eigenvalue weighted by Gasteiger charge is -2.37. The van der Waals surface area contributed by atoms with E-state index in [4.69, 9.17) is 11.6 Å². The number of piperidine rings is 1. The van der Waals surface area contributed by atoms with Crippen molar-refractivity contribution in [1.82, 2.24) is 10.2 Å². The van der Waals surface area contributed by atoms with Gasteiger partial charge in [0.1, 0.15) is 5.75 Å². The van der Waals surface area contributed by atoms with Crippen LogP contribution < -0.4 is 5.32 Å². The molecule has 0 bridgehead atoms. The number of hydrogen-bond acceptors (Lipinski definition) is 3. The molecule has 2 rings (SSSR count). The zero-order valence-electron chi connectivity index (χ0n) is 11.2. The highest BCUT2D eigenvalue weighted by Crippen LogP contribution is 2.25. The van der Waals surface area contributed by atoms with E-state index in [0.29, 0.717) is 35.6 Å². The molecule has 1 aliphatic rings. The van der Waals surface area contributed by atoms with Crippen molar-refractivity contribution in [2.24, 2.45) is 5.92 Å². The zero-order valence-corrected chi connectivity index (χ0v) is 11.9. The molecular weight excluding hydrogens is 264 g/mol. The minimum atomic E-state index is -0.109. The van der Waals surface area contributed by atoms with Gasteiger partial charge >= 0.3 is 0 Å². The van der Waals surface area contributed by atoms with Crippen molar-refractivity contribution >= 4 is 17.5 Å². The number of nitrogens with zero attached hydrogens (tertiary/aromatic N) is 1. The van der Waals surface area contributed by atoms with Crippen LogP contribution in [0.15, 0.2) is 18.2 Å². The number of likely N-dealkylation sites (tertiary alicyclic amines) is 1. The summed E-state index contributed by atoms with van der Waals surface area (Å²) in [6.45, 7) is 3.54. The van der Waals surface area contributed by atoms with Gasteiger partial charge in [-0.25, -0.2) is 0 Å². The minimum Gasteiger partial charge on any atom is -0.508 e. The average molecular weight is 283 g/mol. The van der Waals surface area contributed by atoms with Crippen molar-refractivity contribution in [1.29, 1.82) is 0 Å². The topological polar surface area (TPSA) is 52.6 Å². The largest absolute Gasteiger partial charge is 0.508 e. The van der Waals surface area contributed by atoms with Gasteiger partial charge in [-0.2, -0.15) is 0 Å². The number of amides is 1. The summed E-state index contributed by atoms with van der Waals surface area (Å²) < 4.78 is 0. The standard InChI is InChI=1S/C14H19ClN2O2/c1-9-8-17(6-5-13(9)16-2)14(19)11-7-10(18)3-4-12(11)15/h3-4,7,9,13,16,18H,5-6,8H2,1-2H3. The number of rotatable bonds is 2. The Kier molecular flexibility index (Phi) is 4.32. The monoisotopic (exact) mass is 282 g/mol. The molecule has 1 saturated heterocycles. The van der Waals surface area contributed by atoms with Crippen molar-refractivity contribution < 1.29 is 9.90 Å². The maximum absolute atomic E-state index is 12.4. The van der Waals surface area contributed by atoms with Crippen molar-refractivity contribution in [2.75, 3.05) is 20.1 Å². The van der Waals surface area contributed by atoms with Crippen LogP contribution in [-0.2, 0) is 0 Å². The Morgan fingerprint density at radius 3 is 2.89 bits per heavy atom. The van der Waals surface area contributed by atoms with E-state index in [9.17, 15) is 9.90 Å². The molecular formula is C14H19ClN2O2. The van der Waals surface area contributed by atoms with Gasteiger partial charge in [0.2, 0.25) is 0 Å². The van der Waals surface area contributed by atoms with Crippen LogP contribution in [-0.4, -0.2) is 42.1 Å². The summed E-state index contributed by atoms with van der Waals surface area (Å²) >= 11 is 6.03. The van der Waals surface area contributed by atoms with Crippen LogP contribution in [0, 0.1) is 5.92 Å². The number of phenolic OH excluding ortho intramolecular Hbond substituents is 1. The van der Waals surface area contributed by atoms with E-state index in [0.717, 1.165) is 6.42 Å². The molecule has 5 heteroatoms. The molecule has 2 unspecified atom stereocenters. The number of benzene rings is 1. The molecule has 0 saturated carbocycles. The highest BCUT2D eigenvalue weighted by Gasteiger charge is 2.29. The average Bonchev–Trinajstić information content (AvgIpc) is 2.40. The van der Waals surface area contributed by atoms with E-state index in [1.54, 1.807) is 11.0 Å². The maximum Gasteiger partial charge on any atom is 0.255 e. The van der Waals surface area contributed by atoms with Crippen molar-refractivity contribution in [3.05, 3.63) is 28.8 Å². The normalized spacial score (nSPS) is 23.4. The van der Waals surface area contributed by atoms with Gasteiger partial charge in [-0.05, 0) is 37.6 Å². The SMILES string of the molecule is CNC1CCN(C(=O)c2cc(O)ccc2Cl)CC1C. The molecule has 104 valence electrons. The quantitative estimate of drug-likeness (QED) is 0.874. The molecule has 4 nitrogen and oxygen atoms in total. The molecule has 1 fully saturated rings. The molecule has 2 atom stereocenters. The third-order valence-corrected chi connectivity index (χ3v) is 4.07. The highest BCUT2D eigenvalue weighted by molar-refractivity contribution is 6.33. The Balaban J connectivity index is 2.14. The second-order valence-corrected chi connectivity index (χ2v) is 5.48. The fourth-order valence-electron chi connectivity index (χ4n) is 2.61. The van der Waals surface area contributed by atoms with Gasteiger partial charge in [-0.15, -0.1) is 0 Å². The number of carbonyl (C=O) groups is 1. The van der Waals surface area contributed by atoms with Crippen LogP contribution in [0.4, 0.5) is 0 Å². The Bertz CT molecular complexity index is 479. The predicted octanol–water partition coefficient (Wildman–Crippen LogP) is 2.12. The van der Waals surface area contributed by atoms with Crippen molar-refractivity contribution in [3.8, 4) is 5.75 Å². The minimum absolute atomic E-state index is 0.0610. The number of hydrogen-bond donors (Lipinski definition) is 2. The van der Waals surface area contributed by atoms with Crippen LogP contribution in [0.2, 0.25) is 5.02 Å². The summed E-state index contributed by atoms with van der Waals surface area (Å²) in [6, 6.07) is 4.91. The molecule has 1 heterocycles. The lowest BCUT2D eigenvalue weighted by molar-refractivity contribution is 0.0649. The third kappa shape index (κ3) is 3.01. The first-order chi connectivity index (χ1) is 9.02. The molecule has 1 amide bonds. The van der Waals surface area contributed by atoms with E-state index >= 15 is 0 Å². The first-order valence-electron chi connectivity index (χ1n) is 6.48. The second kappa shape index (κ2) is 5.80. The molecule has 1 aromatic carbocycles. The van der Waals surface area contributed by atoms with Crippen molar-refractivity contribution in [3.63, 3.8) is 0 Å². The first kappa shape index (κ1) is 14.2. The van der Waals surface area contributed by atoms with Crippen LogP contribution >= 0.6 is 11.6 Å². The summed E-state index contributed by atoms with van der Waals surface area (Å²) in [5.41, 5.74) is 0.372. The summed E-state index contributed by atoms with van der Waals surface area (Å²) in [5.74, 6) is 0.354. The Morgan fingerprint density at radius 2 is 2.26 bits per heavy atom. The van der Waals surface area contributed by atoms with Gasteiger partial charge in [0.25, 0.3) is 5.91 Å². The second-order valence-electron chi connectivity index (χ2n) is 5.08. The van der Waals surface area contributed by atoms with E-state index in [1.807, 2.05) is 7.05 Å². The fraction of sp³-hybridized carbons (Fsp3) is 0.500. The van der Waals surface area contributed by atoms with Gasteiger partial charge in [0, 0.05) is 19.1 Å². The number of nitrogens with one attached hydrogen (secondary N) is 1. The number of aromatic hydroxyl groups is 1. The summed E-state index contributed by atoms with van der Waals surface area (Å²) in [7, 11) is 1.95. The van der Waals surface area contributed by atoms with E-state index in [1.165, 1.54) is 12.1 Å². The molecule has 1 aliphatic heterocycles. The first-order valence-corrected chi connectivity index (χ1v) is 6.85. The summed E-state index contributed by atoms with van der Waals surface area (Å²) in [4.78, 5) is 14.2. The molecule has 1 aromatic rings. The van der Waals surface area contributed by atoms with E-state index in [2.05, 4.69) is 12.2 Å².